The van der Waals surface area contributed by atoms with E-state index in [0.29, 0.717) is 26.2 Å². The number of rotatable bonds is 18. The first-order valence-corrected chi connectivity index (χ1v) is 29.5. The van der Waals surface area contributed by atoms with Crippen LogP contribution in [0, 0.1) is 11.6 Å². The van der Waals surface area contributed by atoms with Gasteiger partial charge in [0.05, 0.1) is 49.3 Å². The Morgan fingerprint density at radius 1 is 0.523 bits per heavy atom. The number of carbonyl (C=O) groups is 1. The zero-order chi connectivity index (χ0) is 63.3. The third kappa shape index (κ3) is 19.8. The van der Waals surface area contributed by atoms with E-state index in [4.69, 9.17) is 37.8 Å². The van der Waals surface area contributed by atoms with E-state index in [2.05, 4.69) is 78.9 Å². The van der Waals surface area contributed by atoms with Crippen LogP contribution in [0.25, 0.3) is 77.6 Å². The number of ether oxygens (including phenoxy) is 1. The lowest BCUT2D eigenvalue weighted by atomic mass is 9.80. The van der Waals surface area contributed by atoms with Gasteiger partial charge in [0.2, 0.25) is 0 Å². The number of anilines is 3. The summed E-state index contributed by atoms with van der Waals surface area (Å²) in [6, 6.07) is 53.6. The van der Waals surface area contributed by atoms with Gasteiger partial charge in [-0.15, -0.1) is 0 Å². The molecule has 0 aliphatic rings. The minimum absolute atomic E-state index is 0.167. The topological polar surface area (TPSA) is 244 Å². The summed E-state index contributed by atoms with van der Waals surface area (Å²) in [5, 5.41) is 32.8. The largest absolute Gasteiger partial charge is 0.488 e. The van der Waals surface area contributed by atoms with Gasteiger partial charge in [0.25, 0.3) is 0 Å². The Morgan fingerprint density at radius 3 is 1.31 bits per heavy atom. The van der Waals surface area contributed by atoms with E-state index < -0.39 is 26.2 Å². The van der Waals surface area contributed by atoms with Gasteiger partial charge in [-0.25, -0.2) is 28.5 Å². The normalized spacial score (nSPS) is 10.6. The highest BCUT2D eigenvalue weighted by molar-refractivity contribution is 9.10. The van der Waals surface area contributed by atoms with Crippen molar-refractivity contribution in [3.8, 4) is 44.9 Å². The number of fused-ring (bicyclic) bond motifs is 3. The maximum atomic E-state index is 13.6. The SMILES string of the molecule is COC(=O)NCCCNc1nc(-c2cccc(Br)c2)cc2ncccc12.NCCCNc1nc(-c2cccc(-c3cccc(F)c3)c2)cc2ncccc12.NCCCNc1nc(-c2cccc(Br)c2)cc2ncccc12.OB(O)c1cccc(F)c1.[2H]CF. The van der Waals surface area contributed by atoms with Crippen LogP contribution in [0.3, 0.4) is 0 Å². The quantitative estimate of drug-likeness (QED) is 0.0294. The summed E-state index contributed by atoms with van der Waals surface area (Å²) in [4.78, 5) is 38.9. The van der Waals surface area contributed by atoms with E-state index in [0.717, 1.165) is 142 Å². The minimum atomic E-state index is -1.59. The second-order valence-electron chi connectivity index (χ2n) is 19.2. The van der Waals surface area contributed by atoms with Crippen molar-refractivity contribution in [3.63, 3.8) is 0 Å². The Labute approximate surface area is 527 Å². The van der Waals surface area contributed by atoms with Gasteiger partial charge in [-0.05, 0) is 158 Å². The molecule has 88 heavy (non-hydrogen) atoms. The molecular weight excluding hydrogens is 1250 g/mol. The fraction of sp³-hybridized carbons (Fsp3) is 0.167. The lowest BCUT2D eigenvalue weighted by Crippen LogP contribution is -2.29. The zero-order valence-electron chi connectivity index (χ0n) is 49.1. The number of methoxy groups -OCH3 is 1. The first kappa shape index (κ1) is 65.1. The van der Waals surface area contributed by atoms with E-state index in [1.54, 1.807) is 24.7 Å². The van der Waals surface area contributed by atoms with Crippen LogP contribution in [-0.4, -0.2) is 107 Å². The minimum Gasteiger partial charge on any atom is -0.453 e. The Hall–Kier alpha value is -8.90. The number of amides is 1. The number of carbonyl (C=O) groups excluding carboxylic acids is 1. The molecule has 0 bridgehead atoms. The van der Waals surface area contributed by atoms with Crippen molar-refractivity contribution in [1.82, 2.24) is 35.2 Å². The van der Waals surface area contributed by atoms with Gasteiger partial charge in [-0.2, -0.15) is 0 Å². The number of nitrogens with zero attached hydrogens (tertiary/aromatic N) is 6. The highest BCUT2D eigenvalue weighted by Gasteiger charge is 2.14. The molecule has 5 aromatic carbocycles. The smallest absolute Gasteiger partial charge is 0.453 e. The summed E-state index contributed by atoms with van der Waals surface area (Å²) in [5.74, 6) is 1.72. The fourth-order valence-electron chi connectivity index (χ4n) is 8.74. The standard InChI is InChI=1S/C23H21FN4.C19H19BrN4O2.C17H17BrN4.C6H6BFO2.CH3F/c24-19-8-2-6-17(14-19)16-5-1-7-18(13-16)21-15-22-20(9-3-11-26-22)23(28-21)27-12-4-10-25;1-26-19(25)23-10-4-9-22-18-15-7-3-8-21-17(15)12-16(24-18)13-5-2-6-14(20)11-13;18-13-5-1-4-12(10-13)15-11-16-14(6-2-8-20-16)17(22-15)21-9-3-7-19;8-6-3-1-2-5(4-6)7(9)10;1-2/h1-3,5-9,11,13-15H,4,10,12,25H2,(H,27,28);2-3,5-8,11-12H,4,9-10H2,1H3,(H,22,24)(H,23,25);1-2,4-6,8,10-11H,3,7,9,19H2,(H,21,22);1-4,9-10H;1H3/i;;;;1D. The van der Waals surface area contributed by atoms with E-state index in [1.807, 2.05) is 127 Å². The van der Waals surface area contributed by atoms with Crippen LogP contribution < -0.4 is 38.2 Å². The van der Waals surface area contributed by atoms with Crippen molar-refractivity contribution < 1.29 is 34.1 Å². The number of benzene rings is 5. The average molecular weight is 1320 g/mol. The third-order valence-corrected chi connectivity index (χ3v) is 13.9. The third-order valence-electron chi connectivity index (χ3n) is 12.9. The van der Waals surface area contributed by atoms with E-state index in [9.17, 15) is 18.0 Å². The lowest BCUT2D eigenvalue weighted by Gasteiger charge is -2.12. The number of pyridine rings is 6. The number of alkyl halides is 1. The molecule has 1 amide bonds. The van der Waals surface area contributed by atoms with Gasteiger partial charge in [-0.1, -0.05) is 98.6 Å². The van der Waals surface area contributed by atoms with Gasteiger partial charge in [0.15, 0.2) is 0 Å². The van der Waals surface area contributed by atoms with Gasteiger partial charge < -0.3 is 47.5 Å². The van der Waals surface area contributed by atoms with Crippen LogP contribution in [0.15, 0.2) is 203 Å². The molecule has 0 fully saturated rings. The molecule has 0 aliphatic heterocycles. The second kappa shape index (κ2) is 35.0. The maximum Gasteiger partial charge on any atom is 0.488 e. The summed E-state index contributed by atoms with van der Waals surface area (Å²) in [5.41, 5.74) is 21.4. The van der Waals surface area contributed by atoms with Gasteiger partial charge in [-0.3, -0.25) is 19.3 Å². The van der Waals surface area contributed by atoms with Crippen LogP contribution in [0.1, 0.15) is 20.6 Å². The molecule has 0 saturated heterocycles. The number of hydrogen-bond acceptors (Lipinski definition) is 15. The van der Waals surface area contributed by atoms with Gasteiger partial charge in [0.1, 0.15) is 29.1 Å². The fourth-order valence-corrected chi connectivity index (χ4v) is 9.54. The summed E-state index contributed by atoms with van der Waals surface area (Å²) >= 11 is 7.01. The highest BCUT2D eigenvalue weighted by Crippen LogP contribution is 2.32. The van der Waals surface area contributed by atoms with Crippen molar-refractivity contribution in [1.29, 1.82) is 0 Å². The summed E-state index contributed by atoms with van der Waals surface area (Å²) in [6.45, 7) is 4.03. The van der Waals surface area contributed by atoms with Gasteiger partial charge >= 0.3 is 13.2 Å². The van der Waals surface area contributed by atoms with E-state index >= 15 is 0 Å². The summed E-state index contributed by atoms with van der Waals surface area (Å²) in [6.07, 6.45) is 7.45. The molecule has 0 radical (unpaired) electrons. The molecule has 0 saturated carbocycles. The lowest BCUT2D eigenvalue weighted by molar-refractivity contribution is 0.171. The van der Waals surface area contributed by atoms with Crippen LogP contribution >= 0.6 is 31.9 Å². The molecule has 6 aromatic heterocycles. The van der Waals surface area contributed by atoms with E-state index in [-0.39, 0.29) is 11.3 Å². The van der Waals surface area contributed by atoms with Crippen LogP contribution in [0.4, 0.5) is 35.4 Å². The first-order chi connectivity index (χ1) is 43.3. The monoisotopic (exact) mass is 1320 g/mol. The Balaban J connectivity index is 0.000000173. The molecule has 0 spiro atoms. The number of nitrogens with one attached hydrogen (secondary N) is 4. The Bertz CT molecular complexity index is 4060. The van der Waals surface area contributed by atoms with Crippen molar-refractivity contribution in [2.45, 2.75) is 19.3 Å². The number of hydrogen-bond donors (Lipinski definition) is 8. The molecule has 0 aliphatic carbocycles. The molecular formula is C66H66BBr2F3N12O4. The molecule has 452 valence electrons. The molecule has 6 heterocycles. The average Bonchev–Trinajstić information content (AvgIpc) is 1.50. The van der Waals surface area contributed by atoms with Crippen molar-refractivity contribution in [2.24, 2.45) is 11.5 Å². The highest BCUT2D eigenvalue weighted by atomic mass is 79.9. The van der Waals surface area contributed by atoms with Crippen LogP contribution in [-0.2, 0) is 4.74 Å². The zero-order valence-corrected chi connectivity index (χ0v) is 51.2. The first-order valence-electron chi connectivity index (χ1n) is 28.6. The number of alkyl carbamates (subject to hydrolysis) is 1. The molecule has 16 nitrogen and oxygen atoms in total. The summed E-state index contributed by atoms with van der Waals surface area (Å²) in [7, 11) is -1.24. The maximum absolute atomic E-state index is 13.6. The predicted molar refractivity (Wildman–Crippen MR) is 357 cm³/mol. The Kier molecular flexibility index (Phi) is 25.9. The number of aromatic nitrogens is 6. The molecule has 10 N–H and O–H groups in total. The molecule has 0 unspecified atom stereocenters. The molecule has 22 heteroatoms. The van der Waals surface area contributed by atoms with E-state index in [1.165, 1.54) is 37.4 Å². The molecule has 11 aromatic rings. The van der Waals surface area contributed by atoms with Crippen molar-refractivity contribution >= 4 is 101 Å². The van der Waals surface area contributed by atoms with Crippen molar-refractivity contribution in [2.75, 3.05) is 69.5 Å². The molecule has 11 rings (SSSR count). The van der Waals surface area contributed by atoms with Crippen LogP contribution in [0.5, 0.6) is 0 Å². The number of halogens is 5. The predicted octanol–water partition coefficient (Wildman–Crippen LogP) is 13.0. The Morgan fingerprint density at radius 2 is 0.909 bits per heavy atom. The van der Waals surface area contributed by atoms with Gasteiger partial charge in [0, 0.05) is 86.6 Å². The van der Waals surface area contributed by atoms with Crippen molar-refractivity contribution in [3.05, 3.63) is 215 Å². The molecule has 0 atom stereocenters. The number of nitrogens with two attached hydrogens (primary N) is 2. The second-order valence-corrected chi connectivity index (χ2v) is 21.0. The van der Waals surface area contributed by atoms with Crippen LogP contribution in [0.2, 0.25) is 0 Å². The summed E-state index contributed by atoms with van der Waals surface area (Å²) < 4.78 is 48.0.